The molecule has 0 aliphatic heterocycles. The predicted molar refractivity (Wildman–Crippen MR) is 125 cm³/mol. The predicted octanol–water partition coefficient (Wildman–Crippen LogP) is 7.20. The number of rotatable bonds is 5. The van der Waals surface area contributed by atoms with Crippen molar-refractivity contribution in [1.29, 1.82) is 0 Å². The summed E-state index contributed by atoms with van der Waals surface area (Å²) in [6.45, 7) is 0.428. The van der Waals surface area contributed by atoms with Crippen LogP contribution in [-0.2, 0) is 19.4 Å². The van der Waals surface area contributed by atoms with Crippen molar-refractivity contribution in [2.45, 2.75) is 32.3 Å². The van der Waals surface area contributed by atoms with E-state index in [-0.39, 0.29) is 0 Å². The van der Waals surface area contributed by atoms with Crippen LogP contribution in [0.1, 0.15) is 28.8 Å². The van der Waals surface area contributed by atoms with Crippen LogP contribution in [0.15, 0.2) is 48.8 Å². The Labute approximate surface area is 188 Å². The van der Waals surface area contributed by atoms with E-state index in [1.807, 2.05) is 42.5 Å². The lowest BCUT2D eigenvalue weighted by Gasteiger charge is -2.13. The standard InChI is InChI=1S/C23H19Cl2N3OS/c24-15-7-5-14(6-8-15)12-29-19-10-9-16(11-18(19)25)28-22-21-17-3-1-2-4-20(17)30-23(21)27-13-26-22/h5-11,13H,1-4,12H2,(H,26,27,28). The number of halogens is 2. The summed E-state index contributed by atoms with van der Waals surface area (Å²) in [5.74, 6) is 1.48. The van der Waals surface area contributed by atoms with Crippen LogP contribution in [0.2, 0.25) is 10.0 Å². The first-order valence-corrected chi connectivity index (χ1v) is 11.4. The van der Waals surface area contributed by atoms with E-state index in [0.29, 0.717) is 22.4 Å². The summed E-state index contributed by atoms with van der Waals surface area (Å²) in [5, 5.41) is 5.84. The summed E-state index contributed by atoms with van der Waals surface area (Å²) in [6.07, 6.45) is 6.33. The molecule has 0 saturated heterocycles. The summed E-state index contributed by atoms with van der Waals surface area (Å²) >= 11 is 14.2. The summed E-state index contributed by atoms with van der Waals surface area (Å²) in [4.78, 5) is 11.5. The first-order valence-electron chi connectivity index (χ1n) is 9.86. The third-order valence-corrected chi connectivity index (χ3v) is 7.00. The fourth-order valence-corrected chi connectivity index (χ4v) is 5.35. The van der Waals surface area contributed by atoms with E-state index in [9.17, 15) is 0 Å². The van der Waals surface area contributed by atoms with Crippen LogP contribution in [0.5, 0.6) is 5.75 Å². The number of hydrogen-bond acceptors (Lipinski definition) is 5. The van der Waals surface area contributed by atoms with Crippen LogP contribution < -0.4 is 10.1 Å². The second kappa shape index (κ2) is 8.42. The average Bonchev–Trinajstić information content (AvgIpc) is 3.14. The molecular weight excluding hydrogens is 437 g/mol. The molecule has 0 unspecified atom stereocenters. The Morgan fingerprint density at radius 3 is 2.67 bits per heavy atom. The van der Waals surface area contributed by atoms with Crippen molar-refractivity contribution in [3.05, 3.63) is 74.8 Å². The molecule has 1 N–H and O–H groups in total. The molecule has 5 rings (SSSR count). The highest BCUT2D eigenvalue weighted by molar-refractivity contribution is 7.19. The van der Waals surface area contributed by atoms with Gasteiger partial charge < -0.3 is 10.1 Å². The molecule has 0 radical (unpaired) electrons. The molecule has 0 spiro atoms. The number of anilines is 2. The number of nitrogens with one attached hydrogen (secondary N) is 1. The molecule has 7 heteroatoms. The van der Waals surface area contributed by atoms with Gasteiger partial charge in [0.25, 0.3) is 0 Å². The van der Waals surface area contributed by atoms with E-state index in [4.69, 9.17) is 27.9 Å². The number of thiophene rings is 1. The minimum Gasteiger partial charge on any atom is -0.487 e. The Hall–Kier alpha value is -2.34. The molecule has 2 aromatic heterocycles. The van der Waals surface area contributed by atoms with Gasteiger partial charge in [0.15, 0.2) is 0 Å². The molecule has 4 aromatic rings. The molecule has 152 valence electrons. The van der Waals surface area contributed by atoms with Crippen LogP contribution in [0.25, 0.3) is 10.2 Å². The zero-order valence-corrected chi connectivity index (χ0v) is 18.4. The van der Waals surface area contributed by atoms with Crippen molar-refractivity contribution in [2.24, 2.45) is 0 Å². The van der Waals surface area contributed by atoms with Gasteiger partial charge in [0.05, 0.1) is 10.4 Å². The van der Waals surface area contributed by atoms with Gasteiger partial charge in [-0.05, 0) is 67.1 Å². The molecule has 2 aromatic carbocycles. The minimum absolute atomic E-state index is 0.428. The molecular formula is C23H19Cl2N3OS. The van der Waals surface area contributed by atoms with Crippen molar-refractivity contribution in [3.63, 3.8) is 0 Å². The highest BCUT2D eigenvalue weighted by atomic mass is 35.5. The van der Waals surface area contributed by atoms with Gasteiger partial charge in [0, 0.05) is 15.6 Å². The molecule has 0 bridgehead atoms. The fraction of sp³-hybridized carbons (Fsp3) is 0.217. The SMILES string of the molecule is Clc1ccc(COc2ccc(Nc3ncnc4sc5c(c34)CCCC5)cc2Cl)cc1. The maximum Gasteiger partial charge on any atom is 0.142 e. The molecule has 0 saturated carbocycles. The minimum atomic E-state index is 0.428. The van der Waals surface area contributed by atoms with Crippen molar-refractivity contribution in [1.82, 2.24) is 9.97 Å². The molecule has 0 fully saturated rings. The Morgan fingerprint density at radius 2 is 1.83 bits per heavy atom. The summed E-state index contributed by atoms with van der Waals surface area (Å²) < 4.78 is 5.87. The van der Waals surface area contributed by atoms with Crippen LogP contribution in [0, 0.1) is 0 Å². The zero-order chi connectivity index (χ0) is 20.5. The van der Waals surface area contributed by atoms with E-state index in [2.05, 4.69) is 15.3 Å². The van der Waals surface area contributed by atoms with Gasteiger partial charge in [-0.2, -0.15) is 0 Å². The Balaban J connectivity index is 1.36. The maximum absolute atomic E-state index is 6.48. The molecule has 2 heterocycles. The first-order chi connectivity index (χ1) is 14.7. The van der Waals surface area contributed by atoms with E-state index in [0.717, 1.165) is 40.1 Å². The average molecular weight is 456 g/mol. The van der Waals surface area contributed by atoms with Gasteiger partial charge in [-0.15, -0.1) is 11.3 Å². The number of ether oxygens (including phenoxy) is 1. The van der Waals surface area contributed by atoms with Crippen molar-refractivity contribution in [3.8, 4) is 5.75 Å². The molecule has 0 amide bonds. The zero-order valence-electron chi connectivity index (χ0n) is 16.1. The molecule has 1 aliphatic rings. The maximum atomic E-state index is 6.48. The molecule has 1 aliphatic carbocycles. The third-order valence-electron chi connectivity index (χ3n) is 5.25. The van der Waals surface area contributed by atoms with Gasteiger partial charge >= 0.3 is 0 Å². The largest absolute Gasteiger partial charge is 0.487 e. The summed E-state index contributed by atoms with van der Waals surface area (Å²) in [6, 6.07) is 13.3. The number of hydrogen-bond donors (Lipinski definition) is 1. The van der Waals surface area contributed by atoms with Gasteiger partial charge in [-0.25, -0.2) is 9.97 Å². The van der Waals surface area contributed by atoms with E-state index < -0.39 is 0 Å². The van der Waals surface area contributed by atoms with Gasteiger partial charge in [-0.1, -0.05) is 35.3 Å². The quantitative estimate of drug-likeness (QED) is 0.345. The second-order valence-electron chi connectivity index (χ2n) is 7.30. The molecule has 0 atom stereocenters. The fourth-order valence-electron chi connectivity index (χ4n) is 3.76. The first kappa shape index (κ1) is 19.6. The van der Waals surface area contributed by atoms with Crippen molar-refractivity contribution in [2.75, 3.05) is 5.32 Å². The van der Waals surface area contributed by atoms with Crippen LogP contribution in [-0.4, -0.2) is 9.97 Å². The highest BCUT2D eigenvalue weighted by Gasteiger charge is 2.20. The topological polar surface area (TPSA) is 47.0 Å². The normalized spacial score (nSPS) is 13.3. The Bertz CT molecular complexity index is 1210. The van der Waals surface area contributed by atoms with Gasteiger partial charge in [0.1, 0.15) is 29.3 Å². The van der Waals surface area contributed by atoms with E-state index in [1.165, 1.54) is 23.3 Å². The lowest BCUT2D eigenvalue weighted by atomic mass is 9.97. The molecule has 30 heavy (non-hydrogen) atoms. The van der Waals surface area contributed by atoms with Gasteiger partial charge in [-0.3, -0.25) is 0 Å². The monoisotopic (exact) mass is 455 g/mol. The highest BCUT2D eigenvalue weighted by Crippen LogP contribution is 2.39. The lowest BCUT2D eigenvalue weighted by molar-refractivity contribution is 0.306. The van der Waals surface area contributed by atoms with Gasteiger partial charge in [0.2, 0.25) is 0 Å². The lowest BCUT2D eigenvalue weighted by Crippen LogP contribution is -2.01. The Kier molecular flexibility index (Phi) is 5.50. The number of aromatic nitrogens is 2. The molecule has 4 nitrogen and oxygen atoms in total. The van der Waals surface area contributed by atoms with Crippen molar-refractivity contribution < 1.29 is 4.74 Å². The van der Waals surface area contributed by atoms with Crippen LogP contribution in [0.3, 0.4) is 0 Å². The van der Waals surface area contributed by atoms with Crippen molar-refractivity contribution >= 4 is 56.3 Å². The van der Waals surface area contributed by atoms with E-state index >= 15 is 0 Å². The number of nitrogens with zero attached hydrogens (tertiary/aromatic N) is 2. The summed E-state index contributed by atoms with van der Waals surface area (Å²) in [5.41, 5.74) is 3.30. The Morgan fingerprint density at radius 1 is 1.00 bits per heavy atom. The number of fused-ring (bicyclic) bond motifs is 3. The number of aryl methyl sites for hydroxylation is 2. The van der Waals surface area contributed by atoms with Crippen LogP contribution >= 0.6 is 34.5 Å². The second-order valence-corrected chi connectivity index (χ2v) is 9.23. The summed E-state index contributed by atoms with van der Waals surface area (Å²) in [7, 11) is 0. The number of benzene rings is 2. The smallest absolute Gasteiger partial charge is 0.142 e. The van der Waals surface area contributed by atoms with Crippen LogP contribution in [0.4, 0.5) is 11.5 Å². The third kappa shape index (κ3) is 3.97. The van der Waals surface area contributed by atoms with E-state index in [1.54, 1.807) is 17.7 Å².